The van der Waals surface area contributed by atoms with E-state index in [1.807, 2.05) is 42.2 Å². The van der Waals surface area contributed by atoms with Crippen molar-refractivity contribution in [1.82, 2.24) is 15.5 Å². The first-order valence-electron chi connectivity index (χ1n) is 13.9. The van der Waals surface area contributed by atoms with E-state index < -0.39 is 12.1 Å². The van der Waals surface area contributed by atoms with E-state index in [4.69, 9.17) is 4.74 Å². The highest BCUT2D eigenvalue weighted by Gasteiger charge is 2.24. The standard InChI is InChI=1S/C31H47N3O4/c1-7-15-34(16-8-2)31(37)26-18-23(5)17-25(20-26)30(36)33-28(29(35)21-32-14-13-22(3)4)19-24-9-11-27(38-6)12-10-24/h9-12,17-18,20,22,28-29,32,35H,7-8,13-16,19,21H2,1-6H3,(H,33,36)/t28-,29+/m0/s1. The third-order valence-electron chi connectivity index (χ3n) is 6.51. The molecule has 3 N–H and O–H groups in total. The number of amides is 2. The quantitative estimate of drug-likeness (QED) is 0.279. The molecule has 7 nitrogen and oxygen atoms in total. The predicted molar refractivity (Wildman–Crippen MR) is 154 cm³/mol. The fourth-order valence-corrected chi connectivity index (χ4v) is 4.41. The van der Waals surface area contributed by atoms with Gasteiger partial charge < -0.3 is 25.4 Å². The van der Waals surface area contributed by atoms with Crippen LogP contribution in [0.15, 0.2) is 42.5 Å². The molecule has 2 aromatic carbocycles. The van der Waals surface area contributed by atoms with E-state index in [1.54, 1.807) is 19.2 Å². The molecule has 0 aliphatic heterocycles. The van der Waals surface area contributed by atoms with Gasteiger partial charge in [0.2, 0.25) is 0 Å². The van der Waals surface area contributed by atoms with Gasteiger partial charge in [-0.05, 0) is 86.5 Å². The van der Waals surface area contributed by atoms with E-state index in [9.17, 15) is 14.7 Å². The van der Waals surface area contributed by atoms with Crippen molar-refractivity contribution in [3.8, 4) is 5.75 Å². The smallest absolute Gasteiger partial charge is 0.253 e. The molecule has 0 aliphatic rings. The molecule has 2 amide bonds. The lowest BCUT2D eigenvalue weighted by atomic mass is 9.99. The Bertz CT molecular complexity index is 1000. The molecule has 0 bridgehead atoms. The van der Waals surface area contributed by atoms with Gasteiger partial charge in [-0.15, -0.1) is 0 Å². The number of ether oxygens (including phenoxy) is 1. The van der Waals surface area contributed by atoms with E-state index in [0.29, 0.717) is 43.1 Å². The second-order valence-corrected chi connectivity index (χ2v) is 10.5. The molecule has 0 heterocycles. The molecule has 0 aliphatic carbocycles. The van der Waals surface area contributed by atoms with E-state index in [2.05, 4.69) is 38.3 Å². The topological polar surface area (TPSA) is 90.9 Å². The monoisotopic (exact) mass is 525 g/mol. The summed E-state index contributed by atoms with van der Waals surface area (Å²) in [7, 11) is 1.62. The number of hydrogen-bond donors (Lipinski definition) is 3. The summed E-state index contributed by atoms with van der Waals surface area (Å²) in [5.74, 6) is 0.955. The van der Waals surface area contributed by atoms with Crippen LogP contribution in [0, 0.1) is 12.8 Å². The van der Waals surface area contributed by atoms with Crippen molar-refractivity contribution in [2.45, 2.75) is 72.4 Å². The number of carbonyl (C=O) groups excluding carboxylic acids is 2. The zero-order chi connectivity index (χ0) is 28.1. The number of nitrogens with one attached hydrogen (secondary N) is 2. The lowest BCUT2D eigenvalue weighted by molar-refractivity contribution is 0.0755. The number of carbonyl (C=O) groups is 2. The van der Waals surface area contributed by atoms with Crippen molar-refractivity contribution in [2.75, 3.05) is 33.3 Å². The molecule has 2 aromatic rings. The number of benzene rings is 2. The van der Waals surface area contributed by atoms with Gasteiger partial charge >= 0.3 is 0 Å². The fraction of sp³-hybridized carbons (Fsp3) is 0.548. The maximum atomic E-state index is 13.4. The van der Waals surface area contributed by atoms with Crippen molar-refractivity contribution in [3.05, 3.63) is 64.7 Å². The van der Waals surface area contributed by atoms with Crippen LogP contribution in [0.1, 0.15) is 78.8 Å². The Morgan fingerprint density at radius 1 is 1.00 bits per heavy atom. The second kappa shape index (κ2) is 16.1. The summed E-state index contributed by atoms with van der Waals surface area (Å²) in [4.78, 5) is 28.5. The first kappa shape index (κ1) is 31.3. The number of aryl methyl sites for hydroxylation is 1. The van der Waals surface area contributed by atoms with Gasteiger partial charge in [0.15, 0.2) is 0 Å². The average molecular weight is 526 g/mol. The first-order chi connectivity index (χ1) is 18.2. The highest BCUT2D eigenvalue weighted by atomic mass is 16.5. The Balaban J connectivity index is 2.23. The van der Waals surface area contributed by atoms with E-state index in [1.165, 1.54) is 0 Å². The number of aliphatic hydroxyl groups is 1. The molecule has 2 atom stereocenters. The van der Waals surface area contributed by atoms with E-state index in [0.717, 1.165) is 42.7 Å². The normalized spacial score (nSPS) is 12.7. The Hall–Kier alpha value is -2.90. The summed E-state index contributed by atoms with van der Waals surface area (Å²) in [5.41, 5.74) is 2.75. The maximum Gasteiger partial charge on any atom is 0.253 e. The van der Waals surface area contributed by atoms with Crippen LogP contribution in [0.4, 0.5) is 0 Å². The lowest BCUT2D eigenvalue weighted by Crippen LogP contribution is -2.49. The first-order valence-corrected chi connectivity index (χ1v) is 13.9. The Labute approximate surface area is 229 Å². The SMILES string of the molecule is CCCN(CCC)C(=O)c1cc(C)cc(C(=O)N[C@@H](Cc2ccc(OC)cc2)[C@H](O)CNCCC(C)C)c1. The fourth-order valence-electron chi connectivity index (χ4n) is 4.41. The van der Waals surface area contributed by atoms with Gasteiger partial charge in [0, 0.05) is 30.8 Å². The molecule has 0 saturated carbocycles. The van der Waals surface area contributed by atoms with Crippen LogP contribution in [0.25, 0.3) is 0 Å². The number of aliphatic hydroxyl groups excluding tert-OH is 1. The molecule has 210 valence electrons. The highest BCUT2D eigenvalue weighted by Crippen LogP contribution is 2.16. The van der Waals surface area contributed by atoms with E-state index in [-0.39, 0.29) is 11.8 Å². The minimum Gasteiger partial charge on any atom is -0.497 e. The third-order valence-corrected chi connectivity index (χ3v) is 6.51. The summed E-state index contributed by atoms with van der Waals surface area (Å²) >= 11 is 0. The van der Waals surface area contributed by atoms with Crippen molar-refractivity contribution < 1.29 is 19.4 Å². The molecule has 0 unspecified atom stereocenters. The van der Waals surface area contributed by atoms with Crippen molar-refractivity contribution >= 4 is 11.8 Å². The van der Waals surface area contributed by atoms with Gasteiger partial charge in [0.1, 0.15) is 5.75 Å². The van der Waals surface area contributed by atoms with Gasteiger partial charge in [-0.3, -0.25) is 9.59 Å². The van der Waals surface area contributed by atoms with Gasteiger partial charge in [-0.2, -0.15) is 0 Å². The molecule has 0 aromatic heterocycles. The van der Waals surface area contributed by atoms with Crippen LogP contribution < -0.4 is 15.4 Å². The molecular weight excluding hydrogens is 478 g/mol. The molecule has 0 radical (unpaired) electrons. The Morgan fingerprint density at radius 3 is 2.21 bits per heavy atom. The molecule has 0 spiro atoms. The molecule has 7 heteroatoms. The molecule has 2 rings (SSSR count). The minimum atomic E-state index is -0.788. The molecule has 38 heavy (non-hydrogen) atoms. The van der Waals surface area contributed by atoms with Crippen LogP contribution in [0.3, 0.4) is 0 Å². The van der Waals surface area contributed by atoms with E-state index >= 15 is 0 Å². The lowest BCUT2D eigenvalue weighted by Gasteiger charge is -2.25. The number of rotatable bonds is 16. The average Bonchev–Trinajstić information content (AvgIpc) is 2.90. The van der Waals surface area contributed by atoms with Crippen LogP contribution in [-0.2, 0) is 6.42 Å². The zero-order valence-electron chi connectivity index (χ0n) is 24.0. The summed E-state index contributed by atoms with van der Waals surface area (Å²) in [6.45, 7) is 12.9. The van der Waals surface area contributed by atoms with Crippen LogP contribution in [-0.4, -0.2) is 67.3 Å². The number of nitrogens with zero attached hydrogens (tertiary/aromatic N) is 1. The van der Waals surface area contributed by atoms with Crippen LogP contribution in [0.2, 0.25) is 0 Å². The molecule has 0 saturated heterocycles. The van der Waals surface area contributed by atoms with Crippen molar-refractivity contribution in [2.24, 2.45) is 5.92 Å². The summed E-state index contributed by atoms with van der Waals surface area (Å²) in [5, 5.41) is 17.4. The maximum absolute atomic E-state index is 13.4. The Kier molecular flexibility index (Phi) is 13.3. The summed E-state index contributed by atoms with van der Waals surface area (Å²) < 4.78 is 5.26. The van der Waals surface area contributed by atoms with Crippen LogP contribution >= 0.6 is 0 Å². The largest absolute Gasteiger partial charge is 0.497 e. The number of methoxy groups -OCH3 is 1. The summed E-state index contributed by atoms with van der Waals surface area (Å²) in [6.07, 6.45) is 2.43. The van der Waals surface area contributed by atoms with Crippen LogP contribution in [0.5, 0.6) is 5.75 Å². The zero-order valence-corrected chi connectivity index (χ0v) is 24.0. The second-order valence-electron chi connectivity index (χ2n) is 10.5. The van der Waals surface area contributed by atoms with Crippen molar-refractivity contribution in [1.29, 1.82) is 0 Å². The van der Waals surface area contributed by atoms with Gasteiger partial charge in [0.25, 0.3) is 11.8 Å². The minimum absolute atomic E-state index is 0.0596. The van der Waals surface area contributed by atoms with Crippen molar-refractivity contribution in [3.63, 3.8) is 0 Å². The summed E-state index contributed by atoms with van der Waals surface area (Å²) in [6, 6.07) is 12.4. The predicted octanol–water partition coefficient (Wildman–Crippen LogP) is 4.60. The molecule has 0 fully saturated rings. The Morgan fingerprint density at radius 2 is 1.63 bits per heavy atom. The van der Waals surface area contributed by atoms with Gasteiger partial charge in [-0.25, -0.2) is 0 Å². The third kappa shape index (κ3) is 10.1. The van der Waals surface area contributed by atoms with Gasteiger partial charge in [-0.1, -0.05) is 39.8 Å². The number of hydrogen-bond acceptors (Lipinski definition) is 5. The van der Waals surface area contributed by atoms with Gasteiger partial charge in [0.05, 0.1) is 19.3 Å². The molecular formula is C31H47N3O4. The highest BCUT2D eigenvalue weighted by molar-refractivity contribution is 6.00.